The van der Waals surface area contributed by atoms with Gasteiger partial charge in [-0.25, -0.2) is 13.4 Å². The van der Waals surface area contributed by atoms with Crippen LogP contribution in [0.25, 0.3) is 0 Å². The fourth-order valence-corrected chi connectivity index (χ4v) is 3.69. The number of benzene rings is 2. The van der Waals surface area contributed by atoms with Crippen LogP contribution in [0.2, 0.25) is 0 Å². The lowest BCUT2D eigenvalue weighted by molar-refractivity contribution is -0.132. The quantitative estimate of drug-likeness (QED) is 0.805. The van der Waals surface area contributed by atoms with E-state index in [1.165, 1.54) is 5.01 Å². The summed E-state index contributed by atoms with van der Waals surface area (Å²) in [5, 5.41) is 6.10. The Morgan fingerprint density at radius 3 is 2.57 bits per heavy atom. The number of methoxy groups -OCH3 is 1. The number of ether oxygens (including phenoxy) is 1. The van der Waals surface area contributed by atoms with Crippen molar-refractivity contribution >= 4 is 27.3 Å². The van der Waals surface area contributed by atoms with Crippen LogP contribution >= 0.6 is 0 Å². The number of hydrogen-bond donors (Lipinski definition) is 1. The van der Waals surface area contributed by atoms with Gasteiger partial charge in [-0.3, -0.25) is 9.52 Å². The Balaban J connectivity index is 1.89. The summed E-state index contributed by atoms with van der Waals surface area (Å²) in [6.07, 6.45) is 2.03. The van der Waals surface area contributed by atoms with Crippen LogP contribution in [0.15, 0.2) is 53.6 Å². The second-order valence-corrected chi connectivity index (χ2v) is 8.34. The van der Waals surface area contributed by atoms with Gasteiger partial charge in [0.1, 0.15) is 5.75 Å². The van der Waals surface area contributed by atoms with Crippen molar-refractivity contribution in [2.45, 2.75) is 25.8 Å². The normalized spacial score (nSPS) is 16.6. The average Bonchev–Trinajstić information content (AvgIpc) is 3.12. The van der Waals surface area contributed by atoms with Crippen molar-refractivity contribution in [3.8, 4) is 5.75 Å². The summed E-state index contributed by atoms with van der Waals surface area (Å²) in [4.78, 5) is 12.5. The molecule has 3 rings (SSSR count). The molecule has 1 unspecified atom stereocenters. The zero-order valence-corrected chi connectivity index (χ0v) is 16.9. The maximum Gasteiger partial charge on any atom is 0.242 e. The van der Waals surface area contributed by atoms with E-state index in [0.717, 1.165) is 28.8 Å². The first-order valence-electron chi connectivity index (χ1n) is 8.92. The predicted molar refractivity (Wildman–Crippen MR) is 109 cm³/mol. The molecule has 8 heteroatoms. The van der Waals surface area contributed by atoms with Gasteiger partial charge in [0.15, 0.2) is 0 Å². The summed E-state index contributed by atoms with van der Waals surface area (Å²) >= 11 is 0. The van der Waals surface area contributed by atoms with E-state index in [-0.39, 0.29) is 11.9 Å². The maximum atomic E-state index is 12.5. The maximum absolute atomic E-state index is 12.5. The molecule has 0 aromatic heterocycles. The van der Waals surface area contributed by atoms with Gasteiger partial charge in [-0.05, 0) is 35.4 Å². The summed E-state index contributed by atoms with van der Waals surface area (Å²) < 4.78 is 30.5. The van der Waals surface area contributed by atoms with E-state index in [4.69, 9.17) is 4.74 Å². The Bertz CT molecular complexity index is 1000. The molecule has 7 nitrogen and oxygen atoms in total. The van der Waals surface area contributed by atoms with E-state index < -0.39 is 10.0 Å². The first kappa shape index (κ1) is 19.9. The number of rotatable bonds is 6. The summed E-state index contributed by atoms with van der Waals surface area (Å²) in [6, 6.07) is 14.4. The number of anilines is 1. The van der Waals surface area contributed by atoms with Gasteiger partial charge < -0.3 is 4.74 Å². The number of hydrazone groups is 1. The lowest BCUT2D eigenvalue weighted by Crippen LogP contribution is -2.26. The molecule has 0 saturated carbocycles. The number of carbonyl (C=O) groups excluding carboxylic acids is 1. The monoisotopic (exact) mass is 401 g/mol. The molecular formula is C20H23N3O4S. The highest BCUT2D eigenvalue weighted by molar-refractivity contribution is 7.92. The van der Waals surface area contributed by atoms with Gasteiger partial charge in [0.2, 0.25) is 15.9 Å². The third kappa shape index (κ3) is 4.51. The molecule has 1 amide bonds. The largest absolute Gasteiger partial charge is 0.497 e. The van der Waals surface area contributed by atoms with E-state index in [1.54, 1.807) is 31.4 Å². The zero-order valence-electron chi connectivity index (χ0n) is 16.0. The lowest BCUT2D eigenvalue weighted by Gasteiger charge is -2.21. The minimum Gasteiger partial charge on any atom is -0.497 e. The zero-order chi connectivity index (χ0) is 20.3. The second-order valence-electron chi connectivity index (χ2n) is 6.59. The van der Waals surface area contributed by atoms with E-state index in [0.29, 0.717) is 18.5 Å². The molecule has 0 fully saturated rings. The SMILES string of the molecule is CCC(=O)N1N=C(c2ccc(NS(C)(=O)=O)cc2)CC1c1cccc(OC)c1. The van der Waals surface area contributed by atoms with E-state index in [2.05, 4.69) is 9.82 Å². The van der Waals surface area contributed by atoms with Gasteiger partial charge in [-0.2, -0.15) is 5.10 Å². The van der Waals surface area contributed by atoms with Crippen molar-refractivity contribution in [2.24, 2.45) is 5.10 Å². The number of hydrogen-bond acceptors (Lipinski definition) is 5. The molecule has 2 aromatic rings. The van der Waals surface area contributed by atoms with Crippen LogP contribution < -0.4 is 9.46 Å². The van der Waals surface area contributed by atoms with Gasteiger partial charge in [0.25, 0.3) is 0 Å². The van der Waals surface area contributed by atoms with Crippen molar-refractivity contribution in [2.75, 3.05) is 18.1 Å². The van der Waals surface area contributed by atoms with Crippen molar-refractivity contribution < 1.29 is 17.9 Å². The molecule has 1 aliphatic heterocycles. The molecule has 28 heavy (non-hydrogen) atoms. The molecular weight excluding hydrogens is 378 g/mol. The van der Waals surface area contributed by atoms with Crippen LogP contribution in [-0.2, 0) is 14.8 Å². The Hall–Kier alpha value is -2.87. The van der Waals surface area contributed by atoms with Crippen molar-refractivity contribution in [1.82, 2.24) is 5.01 Å². The van der Waals surface area contributed by atoms with Gasteiger partial charge in [-0.1, -0.05) is 31.2 Å². The van der Waals surface area contributed by atoms with Crippen LogP contribution in [0.5, 0.6) is 5.75 Å². The topological polar surface area (TPSA) is 88.1 Å². The number of nitrogens with one attached hydrogen (secondary N) is 1. The molecule has 0 aliphatic carbocycles. The standard InChI is InChI=1S/C20H23N3O4S/c1-4-20(24)23-19(15-6-5-7-17(12-15)27-2)13-18(21-23)14-8-10-16(11-9-14)22-28(3,25)26/h5-12,19,22H,4,13H2,1-3H3. The lowest BCUT2D eigenvalue weighted by atomic mass is 9.98. The summed E-state index contributed by atoms with van der Waals surface area (Å²) in [7, 11) is -1.72. The Morgan fingerprint density at radius 2 is 1.96 bits per heavy atom. The first-order valence-corrected chi connectivity index (χ1v) is 10.8. The molecule has 0 saturated heterocycles. The van der Waals surface area contributed by atoms with Crippen molar-refractivity contribution in [1.29, 1.82) is 0 Å². The number of sulfonamides is 1. The summed E-state index contributed by atoms with van der Waals surface area (Å²) in [5.41, 5.74) is 3.06. The Morgan fingerprint density at radius 1 is 1.25 bits per heavy atom. The predicted octanol–water partition coefficient (Wildman–Crippen LogP) is 3.15. The Labute approximate surface area is 165 Å². The third-order valence-electron chi connectivity index (χ3n) is 4.47. The molecule has 1 aliphatic rings. The second kappa shape index (κ2) is 8.02. The number of carbonyl (C=O) groups is 1. The first-order chi connectivity index (χ1) is 13.3. The molecule has 0 radical (unpaired) electrons. The summed E-state index contributed by atoms with van der Waals surface area (Å²) in [5.74, 6) is 0.671. The highest BCUT2D eigenvalue weighted by Crippen LogP contribution is 2.34. The highest BCUT2D eigenvalue weighted by atomic mass is 32.2. The average molecular weight is 401 g/mol. The molecule has 0 bridgehead atoms. The van der Waals surface area contributed by atoms with E-state index >= 15 is 0 Å². The molecule has 1 atom stereocenters. The van der Waals surface area contributed by atoms with Gasteiger partial charge >= 0.3 is 0 Å². The van der Waals surface area contributed by atoms with Crippen molar-refractivity contribution in [3.05, 3.63) is 59.7 Å². The minimum absolute atomic E-state index is 0.0572. The van der Waals surface area contributed by atoms with Gasteiger partial charge in [0, 0.05) is 18.5 Å². The molecule has 1 heterocycles. The fourth-order valence-electron chi connectivity index (χ4n) is 3.13. The summed E-state index contributed by atoms with van der Waals surface area (Å²) in [6.45, 7) is 1.81. The van der Waals surface area contributed by atoms with Crippen LogP contribution in [0.4, 0.5) is 5.69 Å². The van der Waals surface area contributed by atoms with Crippen LogP contribution in [0, 0.1) is 0 Å². The van der Waals surface area contributed by atoms with Crippen LogP contribution in [0.3, 0.4) is 0 Å². The fraction of sp³-hybridized carbons (Fsp3) is 0.300. The molecule has 148 valence electrons. The molecule has 2 aromatic carbocycles. The third-order valence-corrected chi connectivity index (χ3v) is 5.07. The number of nitrogens with zero attached hydrogens (tertiary/aromatic N) is 2. The van der Waals surface area contributed by atoms with Crippen LogP contribution in [0.1, 0.15) is 36.9 Å². The molecule has 0 spiro atoms. The molecule has 1 N–H and O–H groups in total. The number of amides is 1. The van der Waals surface area contributed by atoms with Crippen LogP contribution in [-0.4, -0.2) is 38.4 Å². The van der Waals surface area contributed by atoms with E-state index in [1.807, 2.05) is 31.2 Å². The highest BCUT2D eigenvalue weighted by Gasteiger charge is 2.32. The smallest absolute Gasteiger partial charge is 0.242 e. The minimum atomic E-state index is -3.33. The Kier molecular flexibility index (Phi) is 5.69. The van der Waals surface area contributed by atoms with Gasteiger partial charge in [0.05, 0.1) is 25.1 Å². The van der Waals surface area contributed by atoms with Gasteiger partial charge in [-0.15, -0.1) is 0 Å². The van der Waals surface area contributed by atoms with E-state index in [9.17, 15) is 13.2 Å². The van der Waals surface area contributed by atoms with Crippen molar-refractivity contribution in [3.63, 3.8) is 0 Å².